The van der Waals surface area contributed by atoms with Gasteiger partial charge in [-0.3, -0.25) is 4.79 Å². The zero-order chi connectivity index (χ0) is 13.0. The fraction of sp³-hybridized carbons (Fsp3) is 0.273. The van der Waals surface area contributed by atoms with Gasteiger partial charge in [0.25, 0.3) is 5.91 Å². The molecule has 1 atom stereocenters. The van der Waals surface area contributed by atoms with Crippen LogP contribution < -0.4 is 10.5 Å². The summed E-state index contributed by atoms with van der Waals surface area (Å²) in [6.07, 6.45) is -1.06. The topological polar surface area (TPSA) is 98.8 Å². The van der Waals surface area contributed by atoms with Crippen LogP contribution in [0, 0.1) is 0 Å². The summed E-state index contributed by atoms with van der Waals surface area (Å²) < 4.78 is 9.65. The Morgan fingerprint density at radius 2 is 2.06 bits per heavy atom. The lowest BCUT2D eigenvalue weighted by atomic mass is 10.2. The summed E-state index contributed by atoms with van der Waals surface area (Å²) in [6, 6.07) is 4.10. The first-order valence-corrected chi connectivity index (χ1v) is 4.83. The summed E-state index contributed by atoms with van der Waals surface area (Å²) in [6.45, 7) is 1.34. The predicted molar refractivity (Wildman–Crippen MR) is 58.7 cm³/mol. The van der Waals surface area contributed by atoms with E-state index in [2.05, 4.69) is 0 Å². The maximum atomic E-state index is 11.6. The minimum atomic E-state index is -1.06. The fourth-order valence-corrected chi connectivity index (χ4v) is 1.09. The average Bonchev–Trinajstić information content (AvgIpc) is 2.29. The van der Waals surface area contributed by atoms with Gasteiger partial charge < -0.3 is 20.3 Å². The van der Waals surface area contributed by atoms with Gasteiger partial charge in [0.15, 0.2) is 6.10 Å². The number of hydrogen-bond donors (Lipinski definition) is 2. The first kappa shape index (κ1) is 12.8. The molecule has 92 valence electrons. The zero-order valence-corrected chi connectivity index (χ0v) is 9.47. The first-order chi connectivity index (χ1) is 7.95. The molecule has 3 N–H and O–H groups in total. The standard InChI is InChI=1S/C11H13NO5/c1-6(10(12)14)17-11(15)8-5-7(16-2)3-4-9(8)13/h3-6,13H,1-2H3,(H2,12,14)/t6-/m0/s1. The number of phenolic OH excluding ortho intramolecular Hbond substituents is 1. The van der Waals surface area contributed by atoms with Crippen LogP contribution in [-0.2, 0) is 9.53 Å². The molecule has 0 saturated heterocycles. The molecule has 0 radical (unpaired) electrons. The minimum absolute atomic E-state index is 0.0857. The van der Waals surface area contributed by atoms with E-state index in [1.54, 1.807) is 0 Å². The zero-order valence-electron chi connectivity index (χ0n) is 9.47. The molecule has 6 heteroatoms. The number of amides is 1. The van der Waals surface area contributed by atoms with Crippen molar-refractivity contribution in [2.75, 3.05) is 7.11 Å². The lowest BCUT2D eigenvalue weighted by molar-refractivity contribution is -0.125. The van der Waals surface area contributed by atoms with Gasteiger partial charge in [0, 0.05) is 0 Å². The first-order valence-electron chi connectivity index (χ1n) is 4.83. The number of hydrogen-bond acceptors (Lipinski definition) is 5. The van der Waals surface area contributed by atoms with E-state index in [1.807, 2.05) is 0 Å². The highest BCUT2D eigenvalue weighted by Gasteiger charge is 2.19. The Kier molecular flexibility index (Phi) is 3.92. The van der Waals surface area contributed by atoms with Gasteiger partial charge in [-0.2, -0.15) is 0 Å². The number of carbonyl (C=O) groups is 2. The van der Waals surface area contributed by atoms with Gasteiger partial charge in [-0.15, -0.1) is 0 Å². The summed E-state index contributed by atoms with van der Waals surface area (Å²) in [5.41, 5.74) is 4.87. The number of nitrogens with two attached hydrogens (primary N) is 1. The summed E-state index contributed by atoms with van der Waals surface area (Å²) in [5.74, 6) is -1.47. The normalized spacial score (nSPS) is 11.6. The number of primary amides is 1. The number of esters is 1. The van der Waals surface area contributed by atoms with Crippen molar-refractivity contribution in [3.05, 3.63) is 23.8 Å². The van der Waals surface area contributed by atoms with Gasteiger partial charge in [-0.25, -0.2) is 4.79 Å². The third kappa shape index (κ3) is 3.10. The molecule has 0 bridgehead atoms. The van der Waals surface area contributed by atoms with Crippen LogP contribution in [0.2, 0.25) is 0 Å². The molecule has 0 fully saturated rings. The molecule has 17 heavy (non-hydrogen) atoms. The van der Waals surface area contributed by atoms with Crippen LogP contribution in [0.4, 0.5) is 0 Å². The largest absolute Gasteiger partial charge is 0.507 e. The number of carbonyl (C=O) groups excluding carboxylic acids is 2. The van der Waals surface area contributed by atoms with Crippen molar-refractivity contribution >= 4 is 11.9 Å². The van der Waals surface area contributed by atoms with Crippen LogP contribution in [0.15, 0.2) is 18.2 Å². The van der Waals surface area contributed by atoms with Gasteiger partial charge >= 0.3 is 5.97 Å². The van der Waals surface area contributed by atoms with Gasteiger partial charge in [0.1, 0.15) is 17.1 Å². The average molecular weight is 239 g/mol. The molecule has 1 rings (SSSR count). The van der Waals surface area contributed by atoms with Crippen molar-refractivity contribution in [1.82, 2.24) is 0 Å². The number of methoxy groups -OCH3 is 1. The number of phenols is 1. The number of ether oxygens (including phenoxy) is 2. The molecule has 1 amide bonds. The van der Waals surface area contributed by atoms with Crippen molar-refractivity contribution in [3.8, 4) is 11.5 Å². The van der Waals surface area contributed by atoms with E-state index in [1.165, 1.54) is 32.2 Å². The maximum absolute atomic E-state index is 11.6. The van der Waals surface area contributed by atoms with E-state index < -0.39 is 18.0 Å². The molecule has 0 heterocycles. The van der Waals surface area contributed by atoms with Gasteiger partial charge in [-0.1, -0.05) is 0 Å². The third-order valence-electron chi connectivity index (χ3n) is 2.11. The van der Waals surface area contributed by atoms with Crippen molar-refractivity contribution in [1.29, 1.82) is 0 Å². The van der Waals surface area contributed by atoms with Gasteiger partial charge in [0.05, 0.1) is 7.11 Å². The molecule has 0 aliphatic rings. The van der Waals surface area contributed by atoms with E-state index in [9.17, 15) is 14.7 Å². The highest BCUT2D eigenvalue weighted by molar-refractivity contribution is 5.94. The molecule has 0 saturated carbocycles. The summed E-state index contributed by atoms with van der Waals surface area (Å²) >= 11 is 0. The quantitative estimate of drug-likeness (QED) is 0.742. The van der Waals surface area contributed by atoms with Gasteiger partial charge in [-0.05, 0) is 25.1 Å². The Balaban J connectivity index is 2.91. The van der Waals surface area contributed by atoms with E-state index >= 15 is 0 Å². The summed E-state index contributed by atoms with van der Waals surface area (Å²) in [7, 11) is 1.42. The van der Waals surface area contributed by atoms with E-state index in [4.69, 9.17) is 15.2 Å². The Morgan fingerprint density at radius 1 is 1.41 bits per heavy atom. The molecule has 0 spiro atoms. The van der Waals surface area contributed by atoms with Crippen molar-refractivity contribution in [2.24, 2.45) is 5.73 Å². The molecule has 0 aromatic heterocycles. The SMILES string of the molecule is COc1ccc(O)c(C(=O)O[C@@H](C)C(N)=O)c1. The molecule has 0 aliphatic carbocycles. The Labute approximate surface area is 97.9 Å². The van der Waals surface area contributed by atoms with Crippen molar-refractivity contribution in [2.45, 2.75) is 13.0 Å². The van der Waals surface area contributed by atoms with E-state index in [-0.39, 0.29) is 11.3 Å². The third-order valence-corrected chi connectivity index (χ3v) is 2.11. The highest BCUT2D eigenvalue weighted by Crippen LogP contribution is 2.23. The molecule has 1 aromatic carbocycles. The molecule has 1 aromatic rings. The van der Waals surface area contributed by atoms with Gasteiger partial charge in [0.2, 0.25) is 0 Å². The number of rotatable bonds is 4. The summed E-state index contributed by atoms with van der Waals surface area (Å²) in [4.78, 5) is 22.3. The van der Waals surface area contributed by atoms with E-state index in [0.29, 0.717) is 5.75 Å². The second-order valence-corrected chi connectivity index (χ2v) is 3.33. The summed E-state index contributed by atoms with van der Waals surface area (Å²) in [5, 5.41) is 9.48. The number of aromatic hydroxyl groups is 1. The minimum Gasteiger partial charge on any atom is -0.507 e. The van der Waals surface area contributed by atoms with Crippen LogP contribution in [0.3, 0.4) is 0 Å². The second-order valence-electron chi connectivity index (χ2n) is 3.33. The maximum Gasteiger partial charge on any atom is 0.342 e. The highest BCUT2D eigenvalue weighted by atomic mass is 16.5. The van der Waals surface area contributed by atoms with Crippen LogP contribution in [0.25, 0.3) is 0 Å². The fourth-order valence-electron chi connectivity index (χ4n) is 1.09. The Bertz CT molecular complexity index is 443. The Morgan fingerprint density at radius 3 is 2.59 bits per heavy atom. The van der Waals surface area contributed by atoms with Crippen LogP contribution >= 0.6 is 0 Å². The van der Waals surface area contributed by atoms with Crippen LogP contribution in [0.5, 0.6) is 11.5 Å². The van der Waals surface area contributed by atoms with Crippen molar-refractivity contribution in [3.63, 3.8) is 0 Å². The molecule has 6 nitrogen and oxygen atoms in total. The van der Waals surface area contributed by atoms with E-state index in [0.717, 1.165) is 0 Å². The Hall–Kier alpha value is -2.24. The molecule has 0 aliphatic heterocycles. The molecule has 0 unspecified atom stereocenters. The van der Waals surface area contributed by atoms with Crippen LogP contribution in [0.1, 0.15) is 17.3 Å². The monoisotopic (exact) mass is 239 g/mol. The molecular formula is C11H13NO5. The van der Waals surface area contributed by atoms with Crippen molar-refractivity contribution < 1.29 is 24.2 Å². The lowest BCUT2D eigenvalue weighted by Crippen LogP contribution is -2.30. The van der Waals surface area contributed by atoms with Crippen LogP contribution in [-0.4, -0.2) is 30.2 Å². The number of benzene rings is 1. The predicted octanol–water partition coefficient (Wildman–Crippen LogP) is 0.431. The smallest absolute Gasteiger partial charge is 0.342 e. The molecular weight excluding hydrogens is 226 g/mol. The second kappa shape index (κ2) is 5.20. The lowest BCUT2D eigenvalue weighted by Gasteiger charge is -2.11.